The van der Waals surface area contributed by atoms with Crippen molar-refractivity contribution in [2.75, 3.05) is 13.1 Å². The first-order valence-electron chi connectivity index (χ1n) is 9.08. The molecular weight excluding hydrogens is 326 g/mol. The van der Waals surface area contributed by atoms with E-state index in [4.69, 9.17) is 0 Å². The van der Waals surface area contributed by atoms with Gasteiger partial charge in [0.15, 0.2) is 5.69 Å². The molecule has 1 aromatic heterocycles. The van der Waals surface area contributed by atoms with Crippen LogP contribution in [0.4, 0.5) is 0 Å². The number of amides is 1. The van der Waals surface area contributed by atoms with Crippen molar-refractivity contribution in [3.63, 3.8) is 0 Å². The highest BCUT2D eigenvalue weighted by Crippen LogP contribution is 2.30. The summed E-state index contributed by atoms with van der Waals surface area (Å²) in [5, 5.41) is 14.9. The van der Waals surface area contributed by atoms with Crippen molar-refractivity contribution in [1.82, 2.24) is 25.6 Å². The molecule has 2 heterocycles. The van der Waals surface area contributed by atoms with Crippen LogP contribution in [0.2, 0.25) is 0 Å². The predicted octanol–water partition coefficient (Wildman–Crippen LogP) is 2.57. The first kappa shape index (κ1) is 19.2. The summed E-state index contributed by atoms with van der Waals surface area (Å²) < 4.78 is 1.87. The number of aromatic nitrogens is 3. The molecule has 2 atom stereocenters. The molecule has 1 aliphatic carbocycles. The Balaban J connectivity index is 0.00000208. The van der Waals surface area contributed by atoms with Crippen molar-refractivity contribution in [3.8, 4) is 0 Å². The van der Waals surface area contributed by atoms with Crippen LogP contribution in [0.1, 0.15) is 68.9 Å². The monoisotopic (exact) mass is 355 g/mol. The van der Waals surface area contributed by atoms with E-state index in [-0.39, 0.29) is 24.4 Å². The van der Waals surface area contributed by atoms with E-state index in [0.717, 1.165) is 32.4 Å². The minimum Gasteiger partial charge on any atom is -0.348 e. The number of nitrogens with zero attached hydrogens (tertiary/aromatic N) is 3. The highest BCUT2D eigenvalue weighted by molar-refractivity contribution is 5.92. The number of rotatable bonds is 4. The third-order valence-electron chi connectivity index (χ3n) is 5.42. The lowest BCUT2D eigenvalue weighted by Gasteiger charge is -2.34. The molecule has 0 spiro atoms. The molecule has 1 amide bonds. The third kappa shape index (κ3) is 4.48. The van der Waals surface area contributed by atoms with Gasteiger partial charge in [-0.25, -0.2) is 4.68 Å². The van der Waals surface area contributed by atoms with Gasteiger partial charge in [-0.1, -0.05) is 31.9 Å². The Bertz CT molecular complexity index is 527. The minimum atomic E-state index is -0.0669. The lowest BCUT2D eigenvalue weighted by atomic mass is 9.78. The summed E-state index contributed by atoms with van der Waals surface area (Å²) in [7, 11) is 0. The van der Waals surface area contributed by atoms with Gasteiger partial charge < -0.3 is 10.6 Å². The topological polar surface area (TPSA) is 71.8 Å². The van der Waals surface area contributed by atoms with Crippen LogP contribution in [0, 0.1) is 11.8 Å². The zero-order valence-electron chi connectivity index (χ0n) is 14.7. The molecule has 1 saturated heterocycles. The fourth-order valence-corrected chi connectivity index (χ4v) is 4.01. The number of halogens is 1. The van der Waals surface area contributed by atoms with E-state index in [0.29, 0.717) is 23.6 Å². The van der Waals surface area contributed by atoms with E-state index >= 15 is 0 Å². The Kier molecular flexibility index (Phi) is 7.04. The molecule has 1 saturated carbocycles. The quantitative estimate of drug-likeness (QED) is 0.870. The lowest BCUT2D eigenvalue weighted by molar-refractivity contribution is 0.0884. The van der Waals surface area contributed by atoms with Crippen LogP contribution in [0.5, 0.6) is 0 Å². The number of piperidine rings is 1. The van der Waals surface area contributed by atoms with E-state index in [1.54, 1.807) is 0 Å². The molecule has 6 nitrogen and oxygen atoms in total. The van der Waals surface area contributed by atoms with Crippen molar-refractivity contribution in [3.05, 3.63) is 11.9 Å². The minimum absolute atomic E-state index is 0. The summed E-state index contributed by atoms with van der Waals surface area (Å²) in [6.45, 7) is 6.51. The zero-order chi connectivity index (χ0) is 16.2. The van der Waals surface area contributed by atoms with Crippen LogP contribution in [-0.2, 0) is 0 Å². The fourth-order valence-electron chi connectivity index (χ4n) is 4.01. The molecule has 3 rings (SSSR count). The van der Waals surface area contributed by atoms with Gasteiger partial charge in [0.1, 0.15) is 0 Å². The van der Waals surface area contributed by atoms with Gasteiger partial charge in [0.25, 0.3) is 5.91 Å². The molecule has 0 radical (unpaired) electrons. The van der Waals surface area contributed by atoms with E-state index in [9.17, 15) is 4.79 Å². The number of carbonyl (C=O) groups excluding carboxylic acids is 1. The maximum atomic E-state index is 12.5. The van der Waals surface area contributed by atoms with Crippen molar-refractivity contribution in [1.29, 1.82) is 0 Å². The van der Waals surface area contributed by atoms with Crippen LogP contribution < -0.4 is 10.6 Å². The van der Waals surface area contributed by atoms with E-state index in [1.165, 1.54) is 19.3 Å². The Hall–Kier alpha value is -1.14. The van der Waals surface area contributed by atoms with Crippen molar-refractivity contribution in [2.24, 2.45) is 11.8 Å². The molecule has 24 heavy (non-hydrogen) atoms. The Morgan fingerprint density at radius 3 is 2.67 bits per heavy atom. The van der Waals surface area contributed by atoms with E-state index in [2.05, 4.69) is 34.8 Å². The second kappa shape index (κ2) is 8.81. The average Bonchev–Trinajstić information content (AvgIpc) is 3.06. The first-order chi connectivity index (χ1) is 11.1. The van der Waals surface area contributed by atoms with Crippen LogP contribution in [0.15, 0.2) is 6.20 Å². The fraction of sp³-hybridized carbons (Fsp3) is 0.824. The SMILES string of the molecule is CC(C)C1CCCCC1NC(=O)c1cn(C2CCNCC2)nn1.Cl. The highest BCUT2D eigenvalue weighted by atomic mass is 35.5. The van der Waals surface area contributed by atoms with Crippen molar-refractivity contribution < 1.29 is 4.79 Å². The number of hydrogen-bond acceptors (Lipinski definition) is 4. The standard InChI is InChI=1S/C17H29N5O.ClH/c1-12(2)14-5-3-4-6-15(14)19-17(23)16-11-22(21-20-16)13-7-9-18-10-8-13;/h11-15,18H,3-10H2,1-2H3,(H,19,23);1H. The van der Waals surface area contributed by atoms with E-state index < -0.39 is 0 Å². The average molecular weight is 356 g/mol. The summed E-state index contributed by atoms with van der Waals surface area (Å²) in [6, 6.07) is 0.642. The third-order valence-corrected chi connectivity index (χ3v) is 5.42. The molecule has 2 unspecified atom stereocenters. The zero-order valence-corrected chi connectivity index (χ0v) is 15.5. The summed E-state index contributed by atoms with van der Waals surface area (Å²) >= 11 is 0. The molecule has 1 aliphatic heterocycles. The van der Waals surface area contributed by atoms with Crippen LogP contribution in [-0.4, -0.2) is 40.0 Å². The van der Waals surface area contributed by atoms with Crippen LogP contribution in [0.25, 0.3) is 0 Å². The maximum Gasteiger partial charge on any atom is 0.273 e. The van der Waals surface area contributed by atoms with Gasteiger partial charge in [-0.15, -0.1) is 17.5 Å². The predicted molar refractivity (Wildman–Crippen MR) is 96.5 cm³/mol. The molecule has 136 valence electrons. The molecule has 2 fully saturated rings. The van der Waals surface area contributed by atoms with Crippen molar-refractivity contribution in [2.45, 2.75) is 64.5 Å². The Morgan fingerprint density at radius 1 is 1.25 bits per heavy atom. The lowest BCUT2D eigenvalue weighted by Crippen LogP contribution is -2.44. The van der Waals surface area contributed by atoms with Gasteiger partial charge in [-0.2, -0.15) is 0 Å². The summed E-state index contributed by atoms with van der Waals surface area (Å²) in [5.74, 6) is 1.11. The Morgan fingerprint density at radius 2 is 1.96 bits per heavy atom. The largest absolute Gasteiger partial charge is 0.348 e. The molecular formula is C17H30ClN5O. The molecule has 1 aromatic rings. The summed E-state index contributed by atoms with van der Waals surface area (Å²) in [4.78, 5) is 12.5. The first-order valence-corrected chi connectivity index (χ1v) is 9.08. The van der Waals surface area contributed by atoms with Crippen LogP contribution in [0.3, 0.4) is 0 Å². The van der Waals surface area contributed by atoms with Gasteiger partial charge >= 0.3 is 0 Å². The van der Waals surface area contributed by atoms with Gasteiger partial charge in [0.2, 0.25) is 0 Å². The maximum absolute atomic E-state index is 12.5. The summed E-state index contributed by atoms with van der Waals surface area (Å²) in [6.07, 6.45) is 8.68. The summed E-state index contributed by atoms with van der Waals surface area (Å²) in [5.41, 5.74) is 0.455. The molecule has 2 aliphatic rings. The van der Waals surface area contributed by atoms with Crippen molar-refractivity contribution >= 4 is 18.3 Å². The second-order valence-electron chi connectivity index (χ2n) is 7.34. The second-order valence-corrected chi connectivity index (χ2v) is 7.34. The molecule has 0 aromatic carbocycles. The molecule has 0 bridgehead atoms. The van der Waals surface area contributed by atoms with E-state index in [1.807, 2.05) is 10.9 Å². The number of hydrogen-bond donors (Lipinski definition) is 2. The Labute approximate surface area is 150 Å². The molecule has 7 heteroatoms. The molecule has 2 N–H and O–H groups in total. The van der Waals surface area contributed by atoms with Gasteiger partial charge in [-0.3, -0.25) is 4.79 Å². The highest BCUT2D eigenvalue weighted by Gasteiger charge is 2.29. The van der Waals surface area contributed by atoms with Gasteiger partial charge in [-0.05, 0) is 50.6 Å². The van der Waals surface area contributed by atoms with Gasteiger partial charge in [0, 0.05) is 6.04 Å². The number of nitrogens with one attached hydrogen (secondary N) is 2. The smallest absolute Gasteiger partial charge is 0.273 e. The van der Waals surface area contributed by atoms with Crippen LogP contribution >= 0.6 is 12.4 Å². The number of carbonyl (C=O) groups is 1. The normalized spacial score (nSPS) is 25.3. The van der Waals surface area contributed by atoms with Gasteiger partial charge in [0.05, 0.1) is 12.2 Å².